The van der Waals surface area contributed by atoms with Crippen LogP contribution < -0.4 is 11.1 Å². The van der Waals surface area contributed by atoms with Gasteiger partial charge in [0.05, 0.1) is 12.6 Å². The summed E-state index contributed by atoms with van der Waals surface area (Å²) in [6.45, 7) is 9.13. The van der Waals surface area contributed by atoms with Gasteiger partial charge in [0.25, 0.3) is 0 Å². The molecule has 8 heteroatoms. The SMILES string of the molecule is COCC(C)NC(N)=NC1CN(C(=O)OC(C)(C)C)C1.I. The zero-order valence-electron chi connectivity index (χ0n) is 13.4. The third kappa shape index (κ3) is 7.70. The second kappa shape index (κ2) is 8.62. The molecule has 1 saturated heterocycles. The summed E-state index contributed by atoms with van der Waals surface area (Å²) in [4.78, 5) is 17.7. The Morgan fingerprint density at radius 1 is 1.48 bits per heavy atom. The van der Waals surface area contributed by atoms with Gasteiger partial charge in [-0.25, -0.2) is 9.79 Å². The van der Waals surface area contributed by atoms with Crippen LogP contribution in [0.1, 0.15) is 27.7 Å². The summed E-state index contributed by atoms with van der Waals surface area (Å²) >= 11 is 0. The molecule has 0 aromatic carbocycles. The van der Waals surface area contributed by atoms with E-state index in [1.54, 1.807) is 12.0 Å². The fourth-order valence-electron chi connectivity index (χ4n) is 1.79. The number of nitrogens with zero attached hydrogens (tertiary/aromatic N) is 2. The molecule has 1 heterocycles. The number of amides is 1. The quantitative estimate of drug-likeness (QED) is 0.410. The lowest BCUT2D eigenvalue weighted by Gasteiger charge is -2.37. The molecule has 3 N–H and O–H groups in total. The minimum absolute atomic E-state index is 0. The highest BCUT2D eigenvalue weighted by Gasteiger charge is 2.33. The molecule has 1 aliphatic heterocycles. The Morgan fingerprint density at radius 2 is 2.05 bits per heavy atom. The Balaban J connectivity index is 0.00000400. The predicted octanol–water partition coefficient (Wildman–Crippen LogP) is 1.16. The molecule has 1 amide bonds. The highest BCUT2D eigenvalue weighted by Crippen LogP contribution is 2.16. The Kier molecular flexibility index (Phi) is 8.30. The first-order valence-corrected chi connectivity index (χ1v) is 6.78. The largest absolute Gasteiger partial charge is 0.444 e. The number of carbonyl (C=O) groups excluding carboxylic acids is 1. The molecular weight excluding hydrogens is 387 g/mol. The third-order valence-electron chi connectivity index (χ3n) is 2.65. The summed E-state index contributed by atoms with van der Waals surface area (Å²) < 4.78 is 10.3. The lowest BCUT2D eigenvalue weighted by atomic mass is 10.1. The van der Waals surface area contributed by atoms with Crippen LogP contribution in [0.25, 0.3) is 0 Å². The van der Waals surface area contributed by atoms with Crippen molar-refractivity contribution in [1.82, 2.24) is 10.2 Å². The molecule has 1 aliphatic rings. The van der Waals surface area contributed by atoms with Crippen molar-refractivity contribution in [3.8, 4) is 0 Å². The van der Waals surface area contributed by atoms with Crippen LogP contribution in [0.15, 0.2) is 4.99 Å². The molecule has 0 radical (unpaired) electrons. The number of nitrogens with two attached hydrogens (primary N) is 1. The minimum atomic E-state index is -0.471. The maximum atomic E-state index is 11.7. The van der Waals surface area contributed by atoms with E-state index < -0.39 is 5.60 Å². The van der Waals surface area contributed by atoms with Gasteiger partial charge in [0.1, 0.15) is 5.60 Å². The first-order valence-electron chi connectivity index (χ1n) is 6.78. The number of carbonyl (C=O) groups is 1. The van der Waals surface area contributed by atoms with E-state index in [4.69, 9.17) is 15.2 Å². The van der Waals surface area contributed by atoms with Crippen LogP contribution in [0.2, 0.25) is 0 Å². The van der Waals surface area contributed by atoms with E-state index in [1.165, 1.54) is 0 Å². The van der Waals surface area contributed by atoms with Gasteiger partial charge in [-0.3, -0.25) is 0 Å². The van der Waals surface area contributed by atoms with Gasteiger partial charge in [-0.1, -0.05) is 0 Å². The second-order valence-corrected chi connectivity index (χ2v) is 6.05. The van der Waals surface area contributed by atoms with E-state index >= 15 is 0 Å². The van der Waals surface area contributed by atoms with Crippen molar-refractivity contribution in [3.05, 3.63) is 0 Å². The highest BCUT2D eigenvalue weighted by atomic mass is 127. The van der Waals surface area contributed by atoms with E-state index in [0.717, 1.165) is 0 Å². The van der Waals surface area contributed by atoms with Gasteiger partial charge in [0.15, 0.2) is 5.96 Å². The zero-order chi connectivity index (χ0) is 15.3. The molecule has 0 aromatic rings. The Bertz CT molecular complexity index is 365. The summed E-state index contributed by atoms with van der Waals surface area (Å²) in [6.07, 6.45) is -0.303. The van der Waals surface area contributed by atoms with Crippen LogP contribution in [0.4, 0.5) is 4.79 Å². The topological polar surface area (TPSA) is 89.2 Å². The molecule has 0 aliphatic carbocycles. The van der Waals surface area contributed by atoms with Gasteiger partial charge in [0, 0.05) is 26.2 Å². The number of hydrogen-bond acceptors (Lipinski definition) is 4. The molecule has 1 unspecified atom stereocenters. The van der Waals surface area contributed by atoms with Crippen LogP contribution in [0, 0.1) is 0 Å². The third-order valence-corrected chi connectivity index (χ3v) is 2.65. The molecule has 0 saturated carbocycles. The summed E-state index contributed by atoms with van der Waals surface area (Å²) in [5, 5.41) is 3.03. The summed E-state index contributed by atoms with van der Waals surface area (Å²) in [5.74, 6) is 0.378. The average Bonchev–Trinajstić information content (AvgIpc) is 2.20. The standard InChI is InChI=1S/C13H26N4O3.HI/c1-9(8-19-5)15-11(14)16-10-6-17(7-10)12(18)20-13(2,3)4;/h9-10H,6-8H2,1-5H3,(H3,14,15,16);1H. The number of nitrogens with one attached hydrogen (secondary N) is 1. The maximum absolute atomic E-state index is 11.7. The van der Waals surface area contributed by atoms with Crippen molar-refractivity contribution in [3.63, 3.8) is 0 Å². The molecule has 7 nitrogen and oxygen atoms in total. The Morgan fingerprint density at radius 3 is 2.52 bits per heavy atom. The number of hydrogen-bond donors (Lipinski definition) is 2. The number of guanidine groups is 1. The van der Waals surface area contributed by atoms with Crippen LogP contribution in [0.3, 0.4) is 0 Å². The molecule has 0 spiro atoms. The van der Waals surface area contributed by atoms with Gasteiger partial charge in [-0.2, -0.15) is 0 Å². The molecule has 0 aromatic heterocycles. The predicted molar refractivity (Wildman–Crippen MR) is 93.1 cm³/mol. The molecule has 21 heavy (non-hydrogen) atoms. The molecular formula is C13H27IN4O3. The van der Waals surface area contributed by atoms with E-state index in [-0.39, 0.29) is 42.2 Å². The molecule has 124 valence electrons. The van der Waals surface area contributed by atoms with E-state index in [9.17, 15) is 4.79 Å². The van der Waals surface area contributed by atoms with Crippen LogP contribution >= 0.6 is 24.0 Å². The summed E-state index contributed by atoms with van der Waals surface area (Å²) in [5.41, 5.74) is 5.32. The lowest BCUT2D eigenvalue weighted by Crippen LogP contribution is -2.55. The first-order chi connectivity index (χ1) is 9.21. The number of likely N-dealkylation sites (tertiary alicyclic amines) is 1. The van der Waals surface area contributed by atoms with Crippen molar-refractivity contribution >= 4 is 36.0 Å². The average molecular weight is 414 g/mol. The fourth-order valence-corrected chi connectivity index (χ4v) is 1.79. The van der Waals surface area contributed by atoms with Crippen molar-refractivity contribution in [2.45, 2.75) is 45.4 Å². The van der Waals surface area contributed by atoms with E-state index in [1.807, 2.05) is 27.7 Å². The van der Waals surface area contributed by atoms with Crippen molar-refractivity contribution in [2.24, 2.45) is 10.7 Å². The first kappa shape index (κ1) is 20.2. The molecule has 0 bridgehead atoms. The second-order valence-electron chi connectivity index (χ2n) is 6.05. The van der Waals surface area contributed by atoms with Gasteiger partial charge >= 0.3 is 6.09 Å². The van der Waals surface area contributed by atoms with Crippen molar-refractivity contribution in [1.29, 1.82) is 0 Å². The zero-order valence-corrected chi connectivity index (χ0v) is 15.7. The van der Waals surface area contributed by atoms with Gasteiger partial charge < -0.3 is 25.4 Å². The monoisotopic (exact) mass is 414 g/mol. The molecule has 1 rings (SSSR count). The lowest BCUT2D eigenvalue weighted by molar-refractivity contribution is 0.00901. The number of ether oxygens (including phenoxy) is 2. The van der Waals surface area contributed by atoms with Gasteiger partial charge in [-0.05, 0) is 27.7 Å². The summed E-state index contributed by atoms with van der Waals surface area (Å²) in [7, 11) is 1.64. The Labute approximate surface area is 143 Å². The van der Waals surface area contributed by atoms with E-state index in [2.05, 4.69) is 10.3 Å². The minimum Gasteiger partial charge on any atom is -0.444 e. The summed E-state index contributed by atoms with van der Waals surface area (Å²) in [6, 6.07) is 0.135. The fraction of sp³-hybridized carbons (Fsp3) is 0.846. The van der Waals surface area contributed by atoms with Crippen molar-refractivity contribution in [2.75, 3.05) is 26.8 Å². The number of halogens is 1. The van der Waals surface area contributed by atoms with Gasteiger partial charge in [0.2, 0.25) is 0 Å². The normalized spacial score (nSPS) is 17.6. The number of rotatable bonds is 4. The van der Waals surface area contributed by atoms with Crippen LogP contribution in [-0.2, 0) is 9.47 Å². The van der Waals surface area contributed by atoms with Crippen molar-refractivity contribution < 1.29 is 14.3 Å². The maximum Gasteiger partial charge on any atom is 0.410 e. The smallest absolute Gasteiger partial charge is 0.410 e. The van der Waals surface area contributed by atoms with Crippen LogP contribution in [0.5, 0.6) is 0 Å². The number of methoxy groups -OCH3 is 1. The van der Waals surface area contributed by atoms with Crippen LogP contribution in [-0.4, -0.2) is 61.4 Å². The molecule has 1 atom stereocenters. The number of aliphatic imine (C=N–C) groups is 1. The molecule has 1 fully saturated rings. The highest BCUT2D eigenvalue weighted by molar-refractivity contribution is 14.0. The van der Waals surface area contributed by atoms with Gasteiger partial charge in [-0.15, -0.1) is 24.0 Å². The van der Waals surface area contributed by atoms with E-state index in [0.29, 0.717) is 25.7 Å². The Hall–Kier alpha value is -0.770.